The number of nitrogens with two attached hydrogens (primary N) is 1. The third-order valence-electron chi connectivity index (χ3n) is 4.25. The Bertz CT molecular complexity index is 361. The first-order valence-corrected chi connectivity index (χ1v) is 7.53. The molecule has 2 nitrogen and oxygen atoms in total. The van der Waals surface area contributed by atoms with Crippen LogP contribution in [0.1, 0.15) is 43.2 Å². The summed E-state index contributed by atoms with van der Waals surface area (Å²) in [5, 5.41) is 2.19. The van der Waals surface area contributed by atoms with Crippen molar-refractivity contribution in [1.82, 2.24) is 4.90 Å². The van der Waals surface area contributed by atoms with Crippen LogP contribution >= 0.6 is 11.3 Å². The lowest BCUT2D eigenvalue weighted by Crippen LogP contribution is -2.46. The molecule has 1 aliphatic rings. The van der Waals surface area contributed by atoms with Crippen molar-refractivity contribution in [3.63, 3.8) is 0 Å². The van der Waals surface area contributed by atoms with E-state index in [2.05, 4.69) is 37.1 Å². The number of rotatable bonds is 3. The smallest absolute Gasteiger partial charge is 0.0569 e. The quantitative estimate of drug-likeness (QED) is 0.895. The summed E-state index contributed by atoms with van der Waals surface area (Å²) in [7, 11) is 0. The van der Waals surface area contributed by atoms with Crippen LogP contribution in [0.5, 0.6) is 0 Å². The lowest BCUT2D eigenvalue weighted by Gasteiger charge is -2.42. The van der Waals surface area contributed by atoms with E-state index in [0.717, 1.165) is 12.5 Å². The number of hydrogen-bond donors (Lipinski definition) is 1. The highest BCUT2D eigenvalue weighted by Crippen LogP contribution is 2.34. The highest BCUT2D eigenvalue weighted by atomic mass is 32.1. The first-order chi connectivity index (χ1) is 8.15. The van der Waals surface area contributed by atoms with Crippen LogP contribution in [-0.4, -0.2) is 24.0 Å². The van der Waals surface area contributed by atoms with Crippen molar-refractivity contribution in [3.8, 4) is 0 Å². The Morgan fingerprint density at radius 3 is 2.88 bits per heavy atom. The van der Waals surface area contributed by atoms with E-state index in [4.69, 9.17) is 5.73 Å². The van der Waals surface area contributed by atoms with Gasteiger partial charge in [-0.15, -0.1) is 11.3 Å². The number of nitrogens with zero attached hydrogens (tertiary/aromatic N) is 1. The molecule has 3 unspecified atom stereocenters. The van der Waals surface area contributed by atoms with E-state index < -0.39 is 0 Å². The summed E-state index contributed by atoms with van der Waals surface area (Å²) < 4.78 is 0. The summed E-state index contributed by atoms with van der Waals surface area (Å²) in [6, 6.07) is 3.28. The summed E-state index contributed by atoms with van der Waals surface area (Å²) >= 11 is 1.86. The number of hydrogen-bond acceptors (Lipinski definition) is 3. The maximum Gasteiger partial charge on any atom is 0.0569 e. The Labute approximate surface area is 109 Å². The predicted molar refractivity (Wildman–Crippen MR) is 75.4 cm³/mol. The Kier molecular flexibility index (Phi) is 4.23. The van der Waals surface area contributed by atoms with Crippen LogP contribution in [0, 0.1) is 12.8 Å². The normalized spacial score (nSPS) is 28.2. The van der Waals surface area contributed by atoms with Gasteiger partial charge in [0.2, 0.25) is 0 Å². The molecule has 1 aliphatic heterocycles. The third kappa shape index (κ3) is 2.56. The monoisotopic (exact) mass is 252 g/mol. The van der Waals surface area contributed by atoms with Crippen LogP contribution in [0.15, 0.2) is 11.4 Å². The Hall–Kier alpha value is -0.380. The van der Waals surface area contributed by atoms with Crippen LogP contribution in [0.25, 0.3) is 0 Å². The molecule has 2 rings (SSSR count). The molecule has 1 fully saturated rings. The van der Waals surface area contributed by atoms with Gasteiger partial charge in [-0.25, -0.2) is 0 Å². The second kappa shape index (κ2) is 5.51. The van der Waals surface area contributed by atoms with Crippen molar-refractivity contribution in [2.24, 2.45) is 11.7 Å². The molecule has 96 valence electrons. The van der Waals surface area contributed by atoms with Crippen LogP contribution < -0.4 is 5.73 Å². The fourth-order valence-electron chi connectivity index (χ4n) is 2.93. The van der Waals surface area contributed by atoms with Crippen LogP contribution in [0.4, 0.5) is 0 Å². The number of thiophene rings is 1. The number of piperidine rings is 1. The highest BCUT2D eigenvalue weighted by Gasteiger charge is 2.31. The topological polar surface area (TPSA) is 29.3 Å². The highest BCUT2D eigenvalue weighted by molar-refractivity contribution is 7.10. The largest absolute Gasteiger partial charge is 0.329 e. The van der Waals surface area contributed by atoms with E-state index in [9.17, 15) is 0 Å². The van der Waals surface area contributed by atoms with Crippen molar-refractivity contribution in [3.05, 3.63) is 21.9 Å². The standard InChI is InChI=1S/C14H24N2S/c1-10-5-4-7-16(12(10)3)13(9-15)14-11(2)6-8-17-14/h6,8,10,12-13H,4-5,7,9,15H2,1-3H3. The second-order valence-electron chi connectivity index (χ2n) is 5.32. The minimum absolute atomic E-state index is 0.424. The van der Waals surface area contributed by atoms with E-state index in [0.29, 0.717) is 12.1 Å². The summed E-state index contributed by atoms with van der Waals surface area (Å²) in [6.07, 6.45) is 2.67. The molecular formula is C14H24N2S. The van der Waals surface area contributed by atoms with Crippen LogP contribution in [0.2, 0.25) is 0 Å². The first-order valence-electron chi connectivity index (χ1n) is 6.65. The summed E-state index contributed by atoms with van der Waals surface area (Å²) in [5.74, 6) is 0.790. The number of aryl methyl sites for hydroxylation is 1. The van der Waals surface area contributed by atoms with Gasteiger partial charge >= 0.3 is 0 Å². The Balaban J connectivity index is 2.21. The average Bonchev–Trinajstić information content (AvgIpc) is 2.72. The summed E-state index contributed by atoms with van der Waals surface area (Å²) in [6.45, 7) is 8.86. The average molecular weight is 252 g/mol. The molecule has 17 heavy (non-hydrogen) atoms. The zero-order valence-corrected chi connectivity index (χ0v) is 12.0. The van der Waals surface area contributed by atoms with Crippen LogP contribution in [0.3, 0.4) is 0 Å². The van der Waals surface area contributed by atoms with Crippen molar-refractivity contribution in [1.29, 1.82) is 0 Å². The van der Waals surface area contributed by atoms with E-state index >= 15 is 0 Å². The van der Waals surface area contributed by atoms with Gasteiger partial charge in [0.05, 0.1) is 6.04 Å². The van der Waals surface area contributed by atoms with Gasteiger partial charge in [-0.2, -0.15) is 0 Å². The minimum Gasteiger partial charge on any atom is -0.329 e. The maximum atomic E-state index is 6.04. The van der Waals surface area contributed by atoms with E-state index in [-0.39, 0.29) is 0 Å². The first kappa shape index (κ1) is 13.1. The Morgan fingerprint density at radius 1 is 1.53 bits per heavy atom. The lowest BCUT2D eigenvalue weighted by molar-refractivity contribution is 0.0722. The fraction of sp³-hybridized carbons (Fsp3) is 0.714. The van der Waals surface area contributed by atoms with E-state index in [1.54, 1.807) is 0 Å². The molecule has 0 saturated carbocycles. The molecule has 0 amide bonds. The molecular weight excluding hydrogens is 228 g/mol. The van der Waals surface area contributed by atoms with Crippen molar-refractivity contribution in [2.75, 3.05) is 13.1 Å². The molecule has 1 aromatic heterocycles. The third-order valence-corrected chi connectivity index (χ3v) is 5.37. The zero-order valence-electron chi connectivity index (χ0n) is 11.1. The molecule has 0 aromatic carbocycles. The molecule has 1 saturated heterocycles. The van der Waals surface area contributed by atoms with Gasteiger partial charge in [-0.05, 0) is 56.2 Å². The molecule has 3 atom stereocenters. The fourth-order valence-corrected chi connectivity index (χ4v) is 3.99. The molecule has 0 radical (unpaired) electrons. The summed E-state index contributed by atoms with van der Waals surface area (Å²) in [5.41, 5.74) is 7.44. The Morgan fingerprint density at radius 2 is 2.29 bits per heavy atom. The number of likely N-dealkylation sites (tertiary alicyclic amines) is 1. The predicted octanol–water partition coefficient (Wildman–Crippen LogP) is 3.18. The lowest BCUT2D eigenvalue weighted by atomic mass is 9.90. The van der Waals surface area contributed by atoms with Gasteiger partial charge in [-0.3, -0.25) is 4.90 Å². The maximum absolute atomic E-state index is 6.04. The molecule has 0 aliphatic carbocycles. The molecule has 2 heterocycles. The zero-order chi connectivity index (χ0) is 12.4. The van der Waals surface area contributed by atoms with Gasteiger partial charge in [0.15, 0.2) is 0 Å². The molecule has 0 bridgehead atoms. The molecule has 0 spiro atoms. The van der Waals surface area contributed by atoms with Crippen LogP contribution in [-0.2, 0) is 0 Å². The van der Waals surface area contributed by atoms with Crippen molar-refractivity contribution < 1.29 is 0 Å². The van der Waals surface area contributed by atoms with E-state index in [1.807, 2.05) is 11.3 Å². The van der Waals surface area contributed by atoms with Crippen molar-refractivity contribution in [2.45, 2.75) is 45.7 Å². The van der Waals surface area contributed by atoms with Gasteiger partial charge in [0, 0.05) is 17.5 Å². The molecule has 3 heteroatoms. The van der Waals surface area contributed by atoms with Gasteiger partial charge < -0.3 is 5.73 Å². The minimum atomic E-state index is 0.424. The van der Waals surface area contributed by atoms with Crippen molar-refractivity contribution >= 4 is 11.3 Å². The second-order valence-corrected chi connectivity index (χ2v) is 6.27. The van der Waals surface area contributed by atoms with Gasteiger partial charge in [0.1, 0.15) is 0 Å². The van der Waals surface area contributed by atoms with E-state index in [1.165, 1.54) is 29.8 Å². The molecule has 1 aromatic rings. The SMILES string of the molecule is Cc1ccsc1C(CN)N1CCCC(C)C1C. The van der Waals surface area contributed by atoms with Gasteiger partial charge in [0.25, 0.3) is 0 Å². The molecule has 2 N–H and O–H groups in total. The summed E-state index contributed by atoms with van der Waals surface area (Å²) in [4.78, 5) is 4.08. The van der Waals surface area contributed by atoms with Gasteiger partial charge in [-0.1, -0.05) is 6.92 Å².